The Labute approximate surface area is 175 Å². The molecule has 3 rings (SSSR count). The predicted molar refractivity (Wildman–Crippen MR) is 120 cm³/mol. The first-order valence-corrected chi connectivity index (χ1v) is 9.35. The standard InChI is InChI=1S/C19H24N4OS.HI/c1-4-20-19(21-10-9-18-22-12-14(2)25-18)23(3)13-16-11-15-7-5-6-8-17(15)24-16;/h5-8,11-12H,4,9-10,13H2,1-3H3,(H,20,21);1H. The molecular weight excluding hydrogens is 459 g/mol. The molecule has 1 N–H and O–H groups in total. The largest absolute Gasteiger partial charge is 0.459 e. The third-order valence-corrected chi connectivity index (χ3v) is 4.79. The molecule has 7 heteroatoms. The monoisotopic (exact) mass is 484 g/mol. The quantitative estimate of drug-likeness (QED) is 0.319. The molecular formula is C19H25IN4OS. The average Bonchev–Trinajstić information content (AvgIpc) is 3.19. The Morgan fingerprint density at radius 1 is 1.35 bits per heavy atom. The van der Waals surface area contributed by atoms with Crippen molar-refractivity contribution < 1.29 is 4.42 Å². The normalized spacial score (nSPS) is 11.4. The molecule has 0 fully saturated rings. The van der Waals surface area contributed by atoms with Crippen molar-refractivity contribution >= 4 is 52.2 Å². The fourth-order valence-electron chi connectivity index (χ4n) is 2.67. The minimum Gasteiger partial charge on any atom is -0.459 e. The number of furan rings is 1. The number of halogens is 1. The van der Waals surface area contributed by atoms with E-state index >= 15 is 0 Å². The van der Waals surface area contributed by atoms with Crippen LogP contribution in [0, 0.1) is 6.92 Å². The van der Waals surface area contributed by atoms with E-state index in [4.69, 9.17) is 9.41 Å². The van der Waals surface area contributed by atoms with E-state index in [2.05, 4.69) is 41.2 Å². The van der Waals surface area contributed by atoms with Crippen molar-refractivity contribution in [2.45, 2.75) is 26.8 Å². The Bertz CT molecular complexity index is 825. The fraction of sp³-hybridized carbons (Fsp3) is 0.368. The molecule has 0 aliphatic rings. The van der Waals surface area contributed by atoms with Crippen LogP contribution in [0.1, 0.15) is 22.6 Å². The summed E-state index contributed by atoms with van der Waals surface area (Å²) in [7, 11) is 2.03. The Morgan fingerprint density at radius 2 is 2.15 bits per heavy atom. The molecule has 0 aliphatic heterocycles. The number of guanidine groups is 1. The molecule has 2 heterocycles. The van der Waals surface area contributed by atoms with Gasteiger partial charge in [-0.3, -0.25) is 4.99 Å². The number of fused-ring (bicyclic) bond motifs is 1. The number of benzene rings is 1. The second kappa shape index (κ2) is 9.91. The first-order valence-electron chi connectivity index (χ1n) is 8.54. The maximum Gasteiger partial charge on any atom is 0.194 e. The van der Waals surface area contributed by atoms with Gasteiger partial charge in [-0.1, -0.05) is 18.2 Å². The van der Waals surface area contributed by atoms with Gasteiger partial charge in [0, 0.05) is 43.0 Å². The summed E-state index contributed by atoms with van der Waals surface area (Å²) >= 11 is 1.74. The predicted octanol–water partition coefficient (Wildman–Crippen LogP) is 4.46. The van der Waals surface area contributed by atoms with E-state index in [0.29, 0.717) is 6.54 Å². The second-order valence-electron chi connectivity index (χ2n) is 5.96. The number of hydrogen-bond donors (Lipinski definition) is 1. The van der Waals surface area contributed by atoms with Crippen LogP contribution in [0.4, 0.5) is 0 Å². The second-order valence-corrected chi connectivity index (χ2v) is 7.28. The molecule has 1 aromatic carbocycles. The third-order valence-electron chi connectivity index (χ3n) is 3.82. The van der Waals surface area contributed by atoms with Crippen LogP contribution in [-0.2, 0) is 13.0 Å². The van der Waals surface area contributed by atoms with Gasteiger partial charge in [-0.15, -0.1) is 35.3 Å². The number of para-hydroxylation sites is 1. The summed E-state index contributed by atoms with van der Waals surface area (Å²) in [5.74, 6) is 1.82. The maximum absolute atomic E-state index is 5.91. The van der Waals surface area contributed by atoms with Crippen LogP contribution in [-0.4, -0.2) is 36.0 Å². The fourth-order valence-corrected chi connectivity index (χ4v) is 3.44. The number of hydrogen-bond acceptors (Lipinski definition) is 4. The highest BCUT2D eigenvalue weighted by molar-refractivity contribution is 14.0. The number of rotatable bonds is 6. The van der Waals surface area contributed by atoms with Crippen molar-refractivity contribution in [1.82, 2.24) is 15.2 Å². The van der Waals surface area contributed by atoms with Crippen molar-refractivity contribution in [2.24, 2.45) is 4.99 Å². The first-order chi connectivity index (χ1) is 12.2. The van der Waals surface area contributed by atoms with E-state index in [-0.39, 0.29) is 24.0 Å². The first kappa shape index (κ1) is 20.7. The smallest absolute Gasteiger partial charge is 0.194 e. The van der Waals surface area contributed by atoms with E-state index in [1.54, 1.807) is 11.3 Å². The highest BCUT2D eigenvalue weighted by Gasteiger charge is 2.10. The van der Waals surface area contributed by atoms with Gasteiger partial charge in [-0.2, -0.15) is 0 Å². The van der Waals surface area contributed by atoms with E-state index in [1.807, 2.05) is 31.4 Å². The van der Waals surface area contributed by atoms with Crippen molar-refractivity contribution in [1.29, 1.82) is 0 Å². The van der Waals surface area contributed by atoms with E-state index in [0.717, 1.165) is 47.2 Å². The molecule has 0 amide bonds. The van der Waals surface area contributed by atoms with Crippen molar-refractivity contribution in [3.63, 3.8) is 0 Å². The van der Waals surface area contributed by atoms with Crippen LogP contribution in [0.5, 0.6) is 0 Å². The molecule has 0 aliphatic carbocycles. The number of aryl methyl sites for hydroxylation is 1. The van der Waals surface area contributed by atoms with Crippen LogP contribution in [0.25, 0.3) is 11.0 Å². The SMILES string of the molecule is CCNC(=NCCc1ncc(C)s1)N(C)Cc1cc2ccccc2o1.I. The number of aliphatic imine (C=N–C) groups is 1. The molecule has 26 heavy (non-hydrogen) atoms. The topological polar surface area (TPSA) is 53.7 Å². The highest BCUT2D eigenvalue weighted by Crippen LogP contribution is 2.19. The van der Waals surface area contributed by atoms with Crippen molar-refractivity contribution in [2.75, 3.05) is 20.1 Å². The van der Waals surface area contributed by atoms with E-state index in [1.165, 1.54) is 4.88 Å². The van der Waals surface area contributed by atoms with Crippen LogP contribution in [0.15, 0.2) is 45.9 Å². The lowest BCUT2D eigenvalue weighted by atomic mass is 10.2. The van der Waals surface area contributed by atoms with Gasteiger partial charge in [-0.25, -0.2) is 4.98 Å². The highest BCUT2D eigenvalue weighted by atomic mass is 127. The zero-order valence-corrected chi connectivity index (χ0v) is 18.5. The molecule has 0 radical (unpaired) electrons. The number of nitrogens with zero attached hydrogens (tertiary/aromatic N) is 3. The van der Waals surface area contributed by atoms with Gasteiger partial charge in [0.1, 0.15) is 11.3 Å². The molecule has 0 unspecified atom stereocenters. The zero-order valence-electron chi connectivity index (χ0n) is 15.4. The van der Waals surface area contributed by atoms with Crippen LogP contribution in [0.2, 0.25) is 0 Å². The molecule has 0 saturated heterocycles. The summed E-state index contributed by atoms with van der Waals surface area (Å²) in [6.07, 6.45) is 2.79. The number of aromatic nitrogens is 1. The minimum atomic E-state index is 0. The van der Waals surface area contributed by atoms with Crippen LogP contribution in [0.3, 0.4) is 0 Å². The average molecular weight is 484 g/mol. The minimum absolute atomic E-state index is 0. The molecule has 3 aromatic rings. The van der Waals surface area contributed by atoms with Crippen LogP contribution >= 0.6 is 35.3 Å². The summed E-state index contributed by atoms with van der Waals surface area (Å²) in [6, 6.07) is 10.2. The Morgan fingerprint density at radius 3 is 2.85 bits per heavy atom. The molecule has 2 aromatic heterocycles. The van der Waals surface area contributed by atoms with Crippen molar-refractivity contribution in [3.05, 3.63) is 52.2 Å². The number of thiazole rings is 1. The van der Waals surface area contributed by atoms with Gasteiger partial charge in [0.25, 0.3) is 0 Å². The summed E-state index contributed by atoms with van der Waals surface area (Å²) in [4.78, 5) is 12.5. The van der Waals surface area contributed by atoms with Gasteiger partial charge in [-0.05, 0) is 26.0 Å². The Hall–Kier alpha value is -1.61. The van der Waals surface area contributed by atoms with Gasteiger partial charge < -0.3 is 14.6 Å². The third kappa shape index (κ3) is 5.44. The lowest BCUT2D eigenvalue weighted by molar-refractivity contribution is 0.412. The lowest BCUT2D eigenvalue weighted by Gasteiger charge is -2.20. The molecule has 0 bridgehead atoms. The van der Waals surface area contributed by atoms with Gasteiger partial charge in [0.2, 0.25) is 0 Å². The van der Waals surface area contributed by atoms with Gasteiger partial charge in [0.05, 0.1) is 11.6 Å². The summed E-state index contributed by atoms with van der Waals surface area (Å²) in [6.45, 7) is 6.39. The van der Waals surface area contributed by atoms with Gasteiger partial charge in [0.15, 0.2) is 5.96 Å². The molecule has 0 saturated carbocycles. The summed E-state index contributed by atoms with van der Waals surface area (Å²) < 4.78 is 5.91. The Kier molecular flexibility index (Phi) is 7.89. The summed E-state index contributed by atoms with van der Waals surface area (Å²) in [5.41, 5.74) is 0.923. The molecule has 0 atom stereocenters. The van der Waals surface area contributed by atoms with Gasteiger partial charge >= 0.3 is 0 Å². The Balaban J connectivity index is 0.00000243. The summed E-state index contributed by atoms with van der Waals surface area (Å²) in [5, 5.41) is 5.61. The van der Waals surface area contributed by atoms with E-state index in [9.17, 15) is 0 Å². The number of nitrogens with one attached hydrogen (secondary N) is 1. The van der Waals surface area contributed by atoms with E-state index < -0.39 is 0 Å². The molecule has 140 valence electrons. The lowest BCUT2D eigenvalue weighted by Crippen LogP contribution is -2.38. The maximum atomic E-state index is 5.91. The van der Waals surface area contributed by atoms with Crippen LogP contribution < -0.4 is 5.32 Å². The molecule has 0 spiro atoms. The molecule has 5 nitrogen and oxygen atoms in total. The zero-order chi connectivity index (χ0) is 17.6. The van der Waals surface area contributed by atoms with Crippen molar-refractivity contribution in [3.8, 4) is 0 Å².